The molecule has 1 aliphatic heterocycles. The van der Waals surface area contributed by atoms with Crippen LogP contribution in [0.15, 0.2) is 12.3 Å². The van der Waals surface area contributed by atoms with Crippen LogP contribution in [0.2, 0.25) is 0 Å². The molecule has 0 atom stereocenters. The molecule has 194 valence electrons. The highest BCUT2D eigenvalue weighted by Crippen LogP contribution is 2.41. The summed E-state index contributed by atoms with van der Waals surface area (Å²) < 4.78 is 47.6. The Hall–Kier alpha value is -3.63. The first-order valence-corrected chi connectivity index (χ1v) is 11.5. The zero-order valence-corrected chi connectivity index (χ0v) is 21.4. The highest BCUT2D eigenvalue weighted by Gasteiger charge is 2.32. The molecule has 0 spiro atoms. The minimum Gasteiger partial charge on any atom is -0.492 e. The van der Waals surface area contributed by atoms with Crippen LogP contribution in [0.5, 0.6) is 5.75 Å². The molecule has 2 aromatic heterocycles. The second kappa shape index (κ2) is 8.79. The van der Waals surface area contributed by atoms with Gasteiger partial charge in [0, 0.05) is 29.5 Å². The number of benzene rings is 1. The van der Waals surface area contributed by atoms with Crippen LogP contribution in [-0.4, -0.2) is 56.7 Å². The van der Waals surface area contributed by atoms with Crippen LogP contribution >= 0.6 is 0 Å². The Morgan fingerprint density at radius 1 is 1.03 bits per heavy atom. The van der Waals surface area contributed by atoms with E-state index in [1.54, 1.807) is 41.5 Å². The van der Waals surface area contributed by atoms with Crippen molar-refractivity contribution in [2.24, 2.45) is 0 Å². The molecule has 3 aromatic rings. The number of carbonyl (C=O) groups excluding carboxylic acids is 2. The predicted molar refractivity (Wildman–Crippen MR) is 128 cm³/mol. The number of hydrogen-bond acceptors (Lipinski definition) is 6. The summed E-state index contributed by atoms with van der Waals surface area (Å²) in [6.45, 7) is 10.9. The molecule has 1 aliphatic rings. The minimum absolute atomic E-state index is 0.0417. The van der Waals surface area contributed by atoms with Crippen molar-refractivity contribution in [3.8, 4) is 17.0 Å². The maximum Gasteiger partial charge on any atom is 0.419 e. The first kappa shape index (κ1) is 25.5. The van der Waals surface area contributed by atoms with E-state index < -0.39 is 35.0 Å². The number of nitrogens with zero attached hydrogens (tertiary/aromatic N) is 3. The summed E-state index contributed by atoms with van der Waals surface area (Å²) in [6, 6.07) is 1.13. The zero-order chi connectivity index (χ0) is 26.6. The second-order valence-electron chi connectivity index (χ2n) is 10.7. The van der Waals surface area contributed by atoms with Gasteiger partial charge in [-0.2, -0.15) is 5.10 Å². The SMILES string of the molecule is COc1c(F)cc(-c2[nH]nc3c2CN(C(=O)OC(C)(C)C)CC3)c2c(F)cn(C(=O)OC(C)(C)C)c12. The van der Waals surface area contributed by atoms with E-state index in [2.05, 4.69) is 10.2 Å². The molecule has 9 nitrogen and oxygen atoms in total. The number of H-pyrrole nitrogens is 1. The fraction of sp³-hybridized carbons (Fsp3) is 0.480. The Labute approximate surface area is 207 Å². The zero-order valence-electron chi connectivity index (χ0n) is 21.4. The molecule has 0 saturated heterocycles. The average Bonchev–Trinajstić information content (AvgIpc) is 3.32. The van der Waals surface area contributed by atoms with Crippen LogP contribution in [0.1, 0.15) is 52.8 Å². The van der Waals surface area contributed by atoms with Gasteiger partial charge in [0.2, 0.25) is 0 Å². The Morgan fingerprint density at radius 3 is 2.28 bits per heavy atom. The Kier molecular flexibility index (Phi) is 6.22. The lowest BCUT2D eigenvalue weighted by molar-refractivity contribution is 0.0223. The van der Waals surface area contributed by atoms with E-state index in [1.165, 1.54) is 12.0 Å². The van der Waals surface area contributed by atoms with Gasteiger partial charge in [-0.05, 0) is 47.6 Å². The number of ether oxygens (including phenoxy) is 3. The van der Waals surface area contributed by atoms with Crippen molar-refractivity contribution in [2.75, 3.05) is 13.7 Å². The van der Waals surface area contributed by atoms with Crippen LogP contribution in [0.3, 0.4) is 0 Å². The molecular formula is C25H30F2N4O5. The molecule has 0 fully saturated rings. The third-order valence-corrected chi connectivity index (χ3v) is 5.57. The summed E-state index contributed by atoms with van der Waals surface area (Å²) in [4.78, 5) is 27.0. The van der Waals surface area contributed by atoms with Crippen molar-refractivity contribution in [1.29, 1.82) is 0 Å². The van der Waals surface area contributed by atoms with Crippen molar-refractivity contribution in [2.45, 2.75) is 65.7 Å². The van der Waals surface area contributed by atoms with Crippen molar-refractivity contribution in [3.05, 3.63) is 35.2 Å². The maximum atomic E-state index is 15.4. The first-order valence-electron chi connectivity index (χ1n) is 11.5. The van der Waals surface area contributed by atoms with E-state index in [-0.39, 0.29) is 28.8 Å². The van der Waals surface area contributed by atoms with Gasteiger partial charge in [0.15, 0.2) is 11.6 Å². The minimum atomic E-state index is -0.881. The van der Waals surface area contributed by atoms with Crippen molar-refractivity contribution in [3.63, 3.8) is 0 Å². The van der Waals surface area contributed by atoms with E-state index in [0.717, 1.165) is 16.8 Å². The highest BCUT2D eigenvalue weighted by molar-refractivity contribution is 6.03. The number of carbonyl (C=O) groups is 2. The average molecular weight is 505 g/mol. The van der Waals surface area contributed by atoms with Crippen molar-refractivity contribution >= 4 is 23.1 Å². The van der Waals surface area contributed by atoms with Gasteiger partial charge in [-0.25, -0.2) is 22.9 Å². The topological polar surface area (TPSA) is 98.7 Å². The van der Waals surface area contributed by atoms with Crippen LogP contribution in [0.4, 0.5) is 18.4 Å². The molecule has 4 rings (SSSR count). The fourth-order valence-electron chi connectivity index (χ4n) is 4.17. The molecule has 36 heavy (non-hydrogen) atoms. The van der Waals surface area contributed by atoms with Gasteiger partial charge in [0.25, 0.3) is 0 Å². The quantitative estimate of drug-likeness (QED) is 0.502. The van der Waals surface area contributed by atoms with Crippen LogP contribution in [0, 0.1) is 11.6 Å². The van der Waals surface area contributed by atoms with E-state index in [0.29, 0.717) is 29.9 Å². The number of rotatable bonds is 2. The predicted octanol–water partition coefficient (Wildman–Crippen LogP) is 5.39. The highest BCUT2D eigenvalue weighted by atomic mass is 19.1. The number of nitrogens with one attached hydrogen (secondary N) is 1. The molecular weight excluding hydrogens is 474 g/mol. The molecule has 11 heteroatoms. The molecule has 3 heterocycles. The Bertz CT molecular complexity index is 1350. The molecule has 0 radical (unpaired) electrons. The van der Waals surface area contributed by atoms with E-state index >= 15 is 8.78 Å². The van der Waals surface area contributed by atoms with Crippen molar-refractivity contribution < 1.29 is 32.6 Å². The van der Waals surface area contributed by atoms with Gasteiger partial charge in [0.1, 0.15) is 22.5 Å². The summed E-state index contributed by atoms with van der Waals surface area (Å²) in [5.74, 6) is -1.87. The molecule has 1 aromatic carbocycles. The van der Waals surface area contributed by atoms with Gasteiger partial charge >= 0.3 is 12.2 Å². The lowest BCUT2D eigenvalue weighted by Crippen LogP contribution is -2.39. The molecule has 1 N–H and O–H groups in total. The van der Waals surface area contributed by atoms with Crippen molar-refractivity contribution in [1.82, 2.24) is 19.7 Å². The summed E-state index contributed by atoms with van der Waals surface area (Å²) in [5.41, 5.74) is 0.135. The summed E-state index contributed by atoms with van der Waals surface area (Å²) >= 11 is 0. The third kappa shape index (κ3) is 4.74. The van der Waals surface area contributed by atoms with Gasteiger partial charge in [-0.1, -0.05) is 0 Å². The van der Waals surface area contributed by atoms with Crippen LogP contribution < -0.4 is 4.74 Å². The largest absolute Gasteiger partial charge is 0.492 e. The number of methoxy groups -OCH3 is 1. The normalized spacial score (nSPS) is 14.1. The number of fused-ring (bicyclic) bond motifs is 2. The first-order chi connectivity index (χ1) is 16.7. The number of aromatic amines is 1. The molecule has 1 amide bonds. The number of halogens is 2. The standard InChI is InChI=1S/C25H30F2N4O5/c1-24(2,3)35-22(32)30-9-8-17-14(11-30)19(29-28-17)13-10-15(26)21(34-7)20-18(13)16(27)12-31(20)23(33)36-25(4,5)6/h10,12H,8-9,11H2,1-7H3,(H,28,29). The van der Waals surface area contributed by atoms with E-state index in [4.69, 9.17) is 14.2 Å². The van der Waals surface area contributed by atoms with Gasteiger partial charge in [0.05, 0.1) is 31.2 Å². The van der Waals surface area contributed by atoms with Crippen LogP contribution in [0.25, 0.3) is 22.2 Å². The third-order valence-electron chi connectivity index (χ3n) is 5.57. The maximum absolute atomic E-state index is 15.4. The molecule has 0 unspecified atom stereocenters. The Morgan fingerprint density at radius 2 is 1.67 bits per heavy atom. The molecule has 0 bridgehead atoms. The van der Waals surface area contributed by atoms with Gasteiger partial charge in [-0.3, -0.25) is 5.10 Å². The lowest BCUT2D eigenvalue weighted by atomic mass is 9.98. The summed E-state index contributed by atoms with van der Waals surface area (Å²) in [6.07, 6.45) is 0.0106. The van der Waals surface area contributed by atoms with Crippen LogP contribution in [-0.2, 0) is 22.4 Å². The lowest BCUT2D eigenvalue weighted by Gasteiger charge is -2.30. The molecule has 0 aliphatic carbocycles. The van der Waals surface area contributed by atoms with Gasteiger partial charge < -0.3 is 19.1 Å². The number of amides is 1. The second-order valence-corrected chi connectivity index (χ2v) is 10.7. The number of hydrogen-bond donors (Lipinski definition) is 1. The molecule has 0 saturated carbocycles. The smallest absolute Gasteiger partial charge is 0.419 e. The summed E-state index contributed by atoms with van der Waals surface area (Å²) in [7, 11) is 1.23. The fourth-order valence-corrected chi connectivity index (χ4v) is 4.17. The van der Waals surface area contributed by atoms with E-state index in [1.807, 2.05) is 0 Å². The Balaban J connectivity index is 1.85. The van der Waals surface area contributed by atoms with Gasteiger partial charge in [-0.15, -0.1) is 0 Å². The number of aromatic nitrogens is 3. The summed E-state index contributed by atoms with van der Waals surface area (Å²) in [5, 5.41) is 7.15. The monoisotopic (exact) mass is 504 g/mol. The van der Waals surface area contributed by atoms with E-state index in [9.17, 15) is 9.59 Å².